The Morgan fingerprint density at radius 2 is 1.22 bits per heavy atom. The summed E-state index contributed by atoms with van der Waals surface area (Å²) in [5.74, 6) is 0. The van der Waals surface area contributed by atoms with Gasteiger partial charge in [0.1, 0.15) is 0 Å². The average Bonchev–Trinajstić information content (AvgIpc) is 3.49. The van der Waals surface area contributed by atoms with Crippen LogP contribution in [0.25, 0.3) is 60.3 Å². The maximum atomic E-state index is 2.60. The predicted molar refractivity (Wildman–Crippen MR) is 137 cm³/mol. The van der Waals surface area contributed by atoms with Crippen LogP contribution in [0.3, 0.4) is 0 Å². The summed E-state index contributed by atoms with van der Waals surface area (Å²) in [6, 6.07) is 36.2. The molecule has 144 valence electrons. The van der Waals surface area contributed by atoms with E-state index in [4.69, 9.17) is 0 Å². The number of nitrogens with zero attached hydrogens (tertiary/aromatic N) is 1. The van der Waals surface area contributed by atoms with Crippen LogP contribution in [0.1, 0.15) is 0 Å². The lowest BCUT2D eigenvalue weighted by molar-refractivity contribution is 1.38. The van der Waals surface area contributed by atoms with Gasteiger partial charge in [-0.05, 0) is 33.2 Å². The van der Waals surface area contributed by atoms with Gasteiger partial charge in [-0.2, -0.15) is 0 Å². The third-order valence-corrected chi connectivity index (χ3v) is 7.94. The van der Waals surface area contributed by atoms with Crippen molar-refractivity contribution in [2.45, 2.75) is 0 Å². The van der Waals surface area contributed by atoms with E-state index in [0.717, 1.165) is 0 Å². The normalized spacial score (nSPS) is 13.6. The second-order valence-corrected chi connectivity index (χ2v) is 9.27. The highest BCUT2D eigenvalue weighted by Gasteiger charge is 2.41. The van der Waals surface area contributed by atoms with Gasteiger partial charge in [0, 0.05) is 27.1 Å². The second-order valence-electron chi connectivity index (χ2n) is 9.27. The topological polar surface area (TPSA) is 4.41 Å². The van der Waals surface area contributed by atoms with Crippen molar-refractivity contribution in [2.24, 2.45) is 0 Å². The van der Waals surface area contributed by atoms with E-state index in [-0.39, 0.29) is 0 Å². The summed E-state index contributed by atoms with van der Waals surface area (Å²) in [4.78, 5) is 0. The number of hydrogen-bond donors (Lipinski definition) is 0. The van der Waals surface area contributed by atoms with Gasteiger partial charge in [0.2, 0.25) is 6.71 Å². The van der Waals surface area contributed by atoms with Crippen LogP contribution in [-0.4, -0.2) is 11.1 Å². The maximum Gasteiger partial charge on any atom is 0.248 e. The third-order valence-electron chi connectivity index (χ3n) is 7.94. The Labute approximate surface area is 184 Å². The van der Waals surface area contributed by atoms with Gasteiger partial charge >= 0.3 is 0 Å². The summed E-state index contributed by atoms with van der Waals surface area (Å²) in [6.07, 6.45) is 0. The van der Waals surface area contributed by atoms with Crippen LogP contribution < -0.4 is 16.4 Å². The Hall–Kier alpha value is -4.04. The number of benzene rings is 5. The molecule has 0 N–H and O–H groups in total. The van der Waals surface area contributed by atoms with Crippen LogP contribution in [0.15, 0.2) is 97.1 Å². The summed E-state index contributed by atoms with van der Waals surface area (Å²) in [5, 5.41) is 5.53. The minimum absolute atomic E-state index is 0.325. The van der Waals surface area contributed by atoms with Crippen molar-refractivity contribution < 1.29 is 0 Å². The van der Waals surface area contributed by atoms with Gasteiger partial charge in [-0.15, -0.1) is 0 Å². The lowest BCUT2D eigenvalue weighted by Gasteiger charge is -2.19. The number of para-hydroxylation sites is 1. The van der Waals surface area contributed by atoms with E-state index in [2.05, 4.69) is 101 Å². The highest BCUT2D eigenvalue weighted by Crippen LogP contribution is 2.45. The first kappa shape index (κ1) is 15.7. The summed E-state index contributed by atoms with van der Waals surface area (Å²) < 4.78 is 2.60. The van der Waals surface area contributed by atoms with Crippen LogP contribution in [0.2, 0.25) is 0 Å². The van der Waals surface area contributed by atoms with Gasteiger partial charge in [-0.3, -0.25) is 0 Å². The van der Waals surface area contributed by atoms with E-state index in [1.54, 1.807) is 0 Å². The molecule has 0 radical (unpaired) electrons. The zero-order valence-corrected chi connectivity index (χ0v) is 17.3. The Morgan fingerprint density at radius 1 is 0.469 bits per heavy atom. The molecule has 7 aromatic rings. The van der Waals surface area contributed by atoms with Crippen molar-refractivity contribution in [3.05, 3.63) is 97.1 Å². The first-order valence-corrected chi connectivity index (χ1v) is 11.3. The molecule has 0 bridgehead atoms. The molecule has 2 heteroatoms. The van der Waals surface area contributed by atoms with Gasteiger partial charge in [0.15, 0.2) is 0 Å². The lowest BCUT2D eigenvalue weighted by Crippen LogP contribution is -2.51. The quantitative estimate of drug-likeness (QED) is 0.328. The first-order chi connectivity index (χ1) is 15.9. The van der Waals surface area contributed by atoms with Gasteiger partial charge in [-0.1, -0.05) is 103 Å². The van der Waals surface area contributed by atoms with Crippen LogP contribution in [0, 0.1) is 0 Å². The van der Waals surface area contributed by atoms with Gasteiger partial charge in [0.25, 0.3) is 0 Å². The Morgan fingerprint density at radius 3 is 2.16 bits per heavy atom. The molecule has 2 aliphatic rings. The van der Waals surface area contributed by atoms with E-state index >= 15 is 0 Å². The summed E-state index contributed by atoms with van der Waals surface area (Å²) in [7, 11) is 0. The molecule has 1 nitrogen and oxygen atoms in total. The lowest BCUT2D eigenvalue weighted by atomic mass is 9.38. The molecule has 0 atom stereocenters. The monoisotopic (exact) mass is 401 g/mol. The molecule has 5 aromatic carbocycles. The smallest absolute Gasteiger partial charge is 0.248 e. The number of fused-ring (bicyclic) bond motifs is 6. The Balaban J connectivity index is 1.62. The second kappa shape index (κ2) is 5.06. The van der Waals surface area contributed by atoms with E-state index in [1.165, 1.54) is 76.7 Å². The van der Waals surface area contributed by atoms with Crippen molar-refractivity contribution >= 4 is 61.2 Å². The zero-order chi connectivity index (χ0) is 20.6. The molecule has 0 unspecified atom stereocenters. The Bertz CT molecular complexity index is 1930. The van der Waals surface area contributed by atoms with Gasteiger partial charge in [0.05, 0.1) is 11.0 Å². The summed E-state index contributed by atoms with van der Waals surface area (Å²) in [6.45, 7) is 0.325. The molecule has 9 rings (SSSR count). The highest BCUT2D eigenvalue weighted by molar-refractivity contribution is 7.02. The molecule has 4 heterocycles. The molecular weight excluding hydrogens is 385 g/mol. The standard InChI is InChI=1S/C30H16BN/c1-2-7-17(8-3-1)18-13-15-22-21-10-6-12-25-28(21)32-29(22)26(18)23-16-14-20-19-9-4-5-11-24(19)31(25)27(20)30(23)32/h1-16H. The van der Waals surface area contributed by atoms with E-state index in [1.807, 2.05) is 0 Å². The largest absolute Gasteiger partial charge is 0.309 e. The van der Waals surface area contributed by atoms with Crippen LogP contribution in [0.4, 0.5) is 0 Å². The molecular formula is C30H16BN. The van der Waals surface area contributed by atoms with Crippen molar-refractivity contribution in [1.29, 1.82) is 0 Å². The molecule has 0 amide bonds. The maximum absolute atomic E-state index is 2.60. The van der Waals surface area contributed by atoms with E-state index in [9.17, 15) is 0 Å². The first-order valence-electron chi connectivity index (χ1n) is 11.3. The van der Waals surface area contributed by atoms with Crippen molar-refractivity contribution in [2.75, 3.05) is 0 Å². The fourth-order valence-corrected chi connectivity index (χ4v) is 6.82. The highest BCUT2D eigenvalue weighted by atomic mass is 14.9. The fraction of sp³-hybridized carbons (Fsp3) is 0. The number of hydrogen-bond acceptors (Lipinski definition) is 0. The SMILES string of the molecule is c1ccc(-c2ccc3c4cccc5c4n4c6c7c(ccc6c2c34)-c2ccccc2B57)cc1. The van der Waals surface area contributed by atoms with E-state index in [0.29, 0.717) is 6.71 Å². The minimum Gasteiger partial charge on any atom is -0.309 e. The Kier molecular flexibility index (Phi) is 2.48. The molecule has 0 spiro atoms. The van der Waals surface area contributed by atoms with Crippen molar-refractivity contribution in [3.63, 3.8) is 0 Å². The molecule has 0 aliphatic carbocycles. The molecule has 0 saturated carbocycles. The summed E-state index contributed by atoms with van der Waals surface area (Å²) in [5.41, 5.74) is 14.0. The fourth-order valence-electron chi connectivity index (χ4n) is 6.82. The average molecular weight is 401 g/mol. The third kappa shape index (κ3) is 1.53. The van der Waals surface area contributed by atoms with Crippen LogP contribution in [-0.2, 0) is 0 Å². The number of aromatic nitrogens is 1. The van der Waals surface area contributed by atoms with Crippen LogP contribution in [0.5, 0.6) is 0 Å². The predicted octanol–water partition coefficient (Wildman–Crippen LogP) is 5.31. The molecule has 0 saturated heterocycles. The zero-order valence-electron chi connectivity index (χ0n) is 17.3. The molecule has 32 heavy (non-hydrogen) atoms. The van der Waals surface area contributed by atoms with Gasteiger partial charge < -0.3 is 4.40 Å². The summed E-state index contributed by atoms with van der Waals surface area (Å²) >= 11 is 0. The van der Waals surface area contributed by atoms with E-state index < -0.39 is 0 Å². The van der Waals surface area contributed by atoms with Crippen molar-refractivity contribution in [3.8, 4) is 22.3 Å². The van der Waals surface area contributed by atoms with Gasteiger partial charge in [-0.25, -0.2) is 0 Å². The minimum atomic E-state index is 0.325. The number of rotatable bonds is 1. The van der Waals surface area contributed by atoms with Crippen molar-refractivity contribution in [1.82, 2.24) is 4.40 Å². The van der Waals surface area contributed by atoms with Crippen LogP contribution >= 0.6 is 0 Å². The molecule has 2 aromatic heterocycles. The molecule has 2 aliphatic heterocycles. The molecule has 0 fully saturated rings.